The molecule has 0 unspecified atom stereocenters. The van der Waals surface area contributed by atoms with Crippen LogP contribution >= 0.6 is 22.7 Å². The van der Waals surface area contributed by atoms with E-state index >= 15 is 0 Å². The highest BCUT2D eigenvalue weighted by Gasteiger charge is 2.00. The summed E-state index contributed by atoms with van der Waals surface area (Å²) in [5, 5.41) is 21.3. The van der Waals surface area contributed by atoms with Crippen molar-refractivity contribution < 1.29 is 0 Å². The lowest BCUT2D eigenvalue weighted by Crippen LogP contribution is -2.20. The van der Waals surface area contributed by atoms with Gasteiger partial charge < -0.3 is 11.1 Å². The summed E-state index contributed by atoms with van der Waals surface area (Å²) in [6.45, 7) is 1.79. The van der Waals surface area contributed by atoms with Gasteiger partial charge >= 0.3 is 0 Å². The summed E-state index contributed by atoms with van der Waals surface area (Å²) in [5.41, 5.74) is 7.23. The van der Waals surface area contributed by atoms with E-state index in [2.05, 4.69) is 25.7 Å². The smallest absolute Gasteiger partial charge is 0.203 e. The highest BCUT2D eigenvalue weighted by Crippen LogP contribution is 2.10. The van der Waals surface area contributed by atoms with Crippen LogP contribution in [-0.2, 0) is 12.8 Å². The minimum Gasteiger partial charge on any atom is -0.374 e. The zero-order valence-electron chi connectivity index (χ0n) is 8.59. The molecule has 86 valence electrons. The molecule has 0 saturated carbocycles. The van der Waals surface area contributed by atoms with Gasteiger partial charge in [0.05, 0.1) is 0 Å². The Kier molecular flexibility index (Phi) is 4.14. The minimum atomic E-state index is 0.531. The molecule has 2 heterocycles. The van der Waals surface area contributed by atoms with Crippen LogP contribution in [0.2, 0.25) is 0 Å². The summed E-state index contributed by atoms with van der Waals surface area (Å²) in [4.78, 5) is 0. The molecule has 3 N–H and O–H groups in total. The number of anilines is 1. The molecule has 2 aromatic rings. The lowest BCUT2D eigenvalue weighted by atomic mass is 10.4. The first kappa shape index (κ1) is 11.4. The maximum Gasteiger partial charge on any atom is 0.203 e. The monoisotopic (exact) mass is 256 g/mol. The second-order valence-corrected chi connectivity index (χ2v) is 5.13. The van der Waals surface area contributed by atoms with Crippen molar-refractivity contribution in [3.05, 3.63) is 15.5 Å². The average molecular weight is 256 g/mol. The molecule has 0 saturated heterocycles. The molecule has 0 atom stereocenters. The molecule has 0 spiro atoms. The molecule has 2 aromatic heterocycles. The van der Waals surface area contributed by atoms with Crippen LogP contribution in [0.5, 0.6) is 0 Å². The minimum absolute atomic E-state index is 0.531. The van der Waals surface area contributed by atoms with Crippen LogP contribution in [0.1, 0.15) is 10.0 Å². The van der Waals surface area contributed by atoms with E-state index in [9.17, 15) is 0 Å². The average Bonchev–Trinajstić information content (AvgIpc) is 2.89. The Bertz CT molecular complexity index is 412. The first-order valence-electron chi connectivity index (χ1n) is 4.88. The third kappa shape index (κ3) is 3.47. The Hall–Kier alpha value is -1.12. The molecule has 0 fully saturated rings. The highest BCUT2D eigenvalue weighted by atomic mass is 32.1. The van der Waals surface area contributed by atoms with Crippen molar-refractivity contribution in [2.75, 3.05) is 18.8 Å². The van der Waals surface area contributed by atoms with E-state index < -0.39 is 0 Å². The molecular formula is C8H12N6S2. The maximum absolute atomic E-state index is 5.48. The van der Waals surface area contributed by atoms with Crippen LogP contribution in [0.25, 0.3) is 0 Å². The molecule has 2 rings (SSSR count). The van der Waals surface area contributed by atoms with Gasteiger partial charge in [-0.1, -0.05) is 11.3 Å². The van der Waals surface area contributed by atoms with E-state index in [1.807, 2.05) is 0 Å². The molecule has 0 aliphatic heterocycles. The summed E-state index contributed by atoms with van der Waals surface area (Å²) < 4.78 is 0. The van der Waals surface area contributed by atoms with Gasteiger partial charge in [0, 0.05) is 25.9 Å². The number of rotatable bonds is 6. The fourth-order valence-corrected chi connectivity index (χ4v) is 2.33. The van der Waals surface area contributed by atoms with E-state index in [0.717, 1.165) is 35.9 Å². The van der Waals surface area contributed by atoms with Crippen LogP contribution in [0.15, 0.2) is 5.51 Å². The van der Waals surface area contributed by atoms with Gasteiger partial charge in [0.2, 0.25) is 5.13 Å². The molecule has 0 aromatic carbocycles. The summed E-state index contributed by atoms with van der Waals surface area (Å²) in [6.07, 6.45) is 1.79. The van der Waals surface area contributed by atoms with E-state index in [0.29, 0.717) is 5.13 Å². The first-order chi connectivity index (χ1) is 7.84. The number of nitrogen functional groups attached to an aromatic ring is 1. The Morgan fingerprint density at radius 1 is 1.12 bits per heavy atom. The Balaban J connectivity index is 1.59. The number of hydrogen-bond acceptors (Lipinski definition) is 8. The van der Waals surface area contributed by atoms with Gasteiger partial charge in [0.1, 0.15) is 15.5 Å². The lowest BCUT2D eigenvalue weighted by molar-refractivity contribution is 0.673. The second kappa shape index (κ2) is 5.83. The van der Waals surface area contributed by atoms with Crippen LogP contribution in [-0.4, -0.2) is 33.5 Å². The van der Waals surface area contributed by atoms with Gasteiger partial charge in [0.25, 0.3) is 0 Å². The zero-order chi connectivity index (χ0) is 11.2. The third-order valence-electron chi connectivity index (χ3n) is 1.92. The Labute approximate surface area is 101 Å². The summed E-state index contributed by atoms with van der Waals surface area (Å²) in [6, 6.07) is 0. The molecule has 0 aliphatic rings. The van der Waals surface area contributed by atoms with E-state index in [1.54, 1.807) is 16.8 Å². The number of aromatic nitrogens is 4. The van der Waals surface area contributed by atoms with Crippen LogP contribution in [0, 0.1) is 0 Å². The van der Waals surface area contributed by atoms with Gasteiger partial charge in [-0.2, -0.15) is 0 Å². The van der Waals surface area contributed by atoms with Crippen molar-refractivity contribution in [2.45, 2.75) is 12.8 Å². The number of nitrogens with one attached hydrogen (secondary N) is 1. The summed E-state index contributed by atoms with van der Waals surface area (Å²) in [7, 11) is 0. The Morgan fingerprint density at radius 3 is 2.56 bits per heavy atom. The van der Waals surface area contributed by atoms with Gasteiger partial charge in [-0.15, -0.1) is 31.7 Å². The zero-order valence-corrected chi connectivity index (χ0v) is 10.2. The van der Waals surface area contributed by atoms with E-state index in [4.69, 9.17) is 5.73 Å². The van der Waals surface area contributed by atoms with Crippen molar-refractivity contribution >= 4 is 27.8 Å². The maximum atomic E-state index is 5.48. The van der Waals surface area contributed by atoms with Crippen molar-refractivity contribution in [3.8, 4) is 0 Å². The highest BCUT2D eigenvalue weighted by molar-refractivity contribution is 7.15. The van der Waals surface area contributed by atoms with Crippen LogP contribution < -0.4 is 11.1 Å². The molecule has 8 heteroatoms. The fourth-order valence-electron chi connectivity index (χ4n) is 1.19. The molecule has 0 aliphatic carbocycles. The van der Waals surface area contributed by atoms with Crippen molar-refractivity contribution in [3.63, 3.8) is 0 Å². The fraction of sp³-hybridized carbons (Fsp3) is 0.500. The van der Waals surface area contributed by atoms with Crippen molar-refractivity contribution in [1.29, 1.82) is 0 Å². The van der Waals surface area contributed by atoms with E-state index in [1.165, 1.54) is 11.3 Å². The normalized spacial score (nSPS) is 10.8. The standard InChI is InChI=1S/C8H12N6S2/c9-8-14-13-7(16-8)2-4-10-3-1-6-12-11-5-15-6/h5,10H,1-4H2,(H2,9,14). The van der Waals surface area contributed by atoms with Gasteiger partial charge in [-0.05, 0) is 0 Å². The summed E-state index contributed by atoms with van der Waals surface area (Å²) >= 11 is 3.02. The van der Waals surface area contributed by atoms with Crippen molar-refractivity contribution in [2.24, 2.45) is 0 Å². The predicted molar refractivity (Wildman–Crippen MR) is 64.5 cm³/mol. The molecule has 0 bridgehead atoms. The number of hydrogen-bond donors (Lipinski definition) is 2. The Morgan fingerprint density at radius 2 is 1.94 bits per heavy atom. The topological polar surface area (TPSA) is 89.6 Å². The van der Waals surface area contributed by atoms with Gasteiger partial charge in [-0.3, -0.25) is 0 Å². The molecule has 16 heavy (non-hydrogen) atoms. The SMILES string of the molecule is Nc1nnc(CCNCCc2nncs2)s1. The number of nitrogens with two attached hydrogens (primary N) is 1. The van der Waals surface area contributed by atoms with E-state index in [-0.39, 0.29) is 0 Å². The first-order valence-corrected chi connectivity index (χ1v) is 6.58. The van der Waals surface area contributed by atoms with Crippen LogP contribution in [0.3, 0.4) is 0 Å². The second-order valence-electron chi connectivity index (χ2n) is 3.12. The van der Waals surface area contributed by atoms with Crippen molar-refractivity contribution in [1.82, 2.24) is 25.7 Å². The quantitative estimate of drug-likeness (QED) is 0.725. The molecule has 6 nitrogen and oxygen atoms in total. The van der Waals surface area contributed by atoms with Gasteiger partial charge in [0.15, 0.2) is 0 Å². The third-order valence-corrected chi connectivity index (χ3v) is 3.49. The largest absolute Gasteiger partial charge is 0.374 e. The molecule has 0 radical (unpaired) electrons. The predicted octanol–water partition coefficient (Wildman–Crippen LogP) is 0.347. The summed E-state index contributed by atoms with van der Waals surface area (Å²) in [5.74, 6) is 0. The number of nitrogens with zero attached hydrogens (tertiary/aromatic N) is 4. The lowest BCUT2D eigenvalue weighted by Gasteiger charge is -2.00. The molecular weight excluding hydrogens is 244 g/mol. The van der Waals surface area contributed by atoms with Gasteiger partial charge in [-0.25, -0.2) is 0 Å². The van der Waals surface area contributed by atoms with Crippen LogP contribution in [0.4, 0.5) is 5.13 Å². The molecule has 0 amide bonds.